The second-order valence-corrected chi connectivity index (χ2v) is 8.75. The van der Waals surface area contributed by atoms with Crippen molar-refractivity contribution < 1.29 is 9.26 Å². The average molecular weight is 534 g/mol. The van der Waals surface area contributed by atoms with E-state index in [-0.39, 0.29) is 29.9 Å². The lowest BCUT2D eigenvalue weighted by Gasteiger charge is -2.42. The van der Waals surface area contributed by atoms with Gasteiger partial charge < -0.3 is 19.9 Å². The molecule has 2 aliphatic rings. The molecule has 0 radical (unpaired) electrons. The molecular weight excluding hydrogens is 495 g/mol. The molecule has 1 saturated carbocycles. The summed E-state index contributed by atoms with van der Waals surface area (Å²) >= 11 is 0. The first-order valence-corrected chi connectivity index (χ1v) is 11.2. The molecule has 1 aliphatic carbocycles. The Labute approximate surface area is 198 Å². The van der Waals surface area contributed by atoms with Gasteiger partial charge in [-0.05, 0) is 12.8 Å². The minimum Gasteiger partial charge on any atom is -0.379 e. The van der Waals surface area contributed by atoms with Gasteiger partial charge in [0.25, 0.3) is 0 Å². The van der Waals surface area contributed by atoms with Crippen molar-refractivity contribution in [1.82, 2.24) is 25.7 Å². The molecule has 1 aliphatic heterocycles. The maximum atomic E-state index is 5.53. The summed E-state index contributed by atoms with van der Waals surface area (Å²) in [7, 11) is 1.83. The van der Waals surface area contributed by atoms with Crippen LogP contribution in [-0.2, 0) is 11.2 Å². The van der Waals surface area contributed by atoms with Crippen molar-refractivity contribution in [3.63, 3.8) is 0 Å². The Bertz CT molecular complexity index is 639. The summed E-state index contributed by atoms with van der Waals surface area (Å²) in [6.45, 7) is 10.8. The highest BCUT2D eigenvalue weighted by atomic mass is 127. The number of aliphatic imine (C=N–C) groups is 1. The van der Waals surface area contributed by atoms with E-state index in [0.29, 0.717) is 17.7 Å². The summed E-state index contributed by atoms with van der Waals surface area (Å²) in [5.41, 5.74) is 0.325. The van der Waals surface area contributed by atoms with Gasteiger partial charge in [-0.25, -0.2) is 0 Å². The lowest BCUT2D eigenvalue weighted by atomic mass is 9.73. The predicted molar refractivity (Wildman–Crippen MR) is 130 cm³/mol. The summed E-state index contributed by atoms with van der Waals surface area (Å²) < 4.78 is 10.8. The third kappa shape index (κ3) is 7.64. The number of hydrogen-bond acceptors (Lipinski definition) is 6. The Morgan fingerprint density at radius 2 is 1.90 bits per heavy atom. The Balaban J connectivity index is 0.00000320. The first kappa shape index (κ1) is 25.3. The van der Waals surface area contributed by atoms with Crippen LogP contribution < -0.4 is 10.6 Å². The molecule has 0 amide bonds. The number of guanidine groups is 1. The molecule has 3 rings (SSSR count). The van der Waals surface area contributed by atoms with Crippen LogP contribution >= 0.6 is 24.0 Å². The third-order valence-corrected chi connectivity index (χ3v) is 6.06. The molecule has 8 nitrogen and oxygen atoms in total. The minimum absolute atomic E-state index is 0. The van der Waals surface area contributed by atoms with Crippen LogP contribution in [0.4, 0.5) is 0 Å². The largest absolute Gasteiger partial charge is 0.379 e. The Morgan fingerprint density at radius 1 is 1.17 bits per heavy atom. The van der Waals surface area contributed by atoms with Gasteiger partial charge in [-0.15, -0.1) is 24.0 Å². The van der Waals surface area contributed by atoms with Crippen LogP contribution in [0.3, 0.4) is 0 Å². The number of nitrogens with zero attached hydrogens (tertiary/aromatic N) is 4. The van der Waals surface area contributed by atoms with E-state index in [0.717, 1.165) is 57.7 Å². The van der Waals surface area contributed by atoms with Gasteiger partial charge in [0.15, 0.2) is 11.8 Å². The fraction of sp³-hybridized carbons (Fsp3) is 0.857. The molecule has 2 heterocycles. The molecule has 0 bridgehead atoms. The molecule has 0 aromatic carbocycles. The van der Waals surface area contributed by atoms with Crippen LogP contribution in [0.5, 0.6) is 0 Å². The molecule has 0 unspecified atom stereocenters. The molecule has 30 heavy (non-hydrogen) atoms. The summed E-state index contributed by atoms with van der Waals surface area (Å²) in [4.78, 5) is 11.4. The van der Waals surface area contributed by atoms with E-state index >= 15 is 0 Å². The fourth-order valence-corrected chi connectivity index (χ4v) is 4.31. The second-order valence-electron chi connectivity index (χ2n) is 8.75. The van der Waals surface area contributed by atoms with E-state index < -0.39 is 0 Å². The number of nitrogens with one attached hydrogen (secondary N) is 2. The molecule has 2 fully saturated rings. The maximum Gasteiger partial charge on any atom is 0.228 e. The molecule has 9 heteroatoms. The molecule has 172 valence electrons. The van der Waals surface area contributed by atoms with Gasteiger partial charge in [-0.3, -0.25) is 9.89 Å². The van der Waals surface area contributed by atoms with Gasteiger partial charge in [0, 0.05) is 57.5 Å². The molecule has 2 N–H and O–H groups in total. The quantitative estimate of drug-likeness (QED) is 0.301. The van der Waals surface area contributed by atoms with Gasteiger partial charge in [-0.1, -0.05) is 38.3 Å². The van der Waals surface area contributed by atoms with Crippen LogP contribution in [0.25, 0.3) is 0 Å². The fourth-order valence-electron chi connectivity index (χ4n) is 4.31. The van der Waals surface area contributed by atoms with E-state index in [1.807, 2.05) is 7.05 Å². The predicted octanol–water partition coefficient (Wildman–Crippen LogP) is 2.80. The monoisotopic (exact) mass is 534 g/mol. The first-order valence-electron chi connectivity index (χ1n) is 11.2. The highest BCUT2D eigenvalue weighted by Gasteiger charge is 2.34. The minimum atomic E-state index is 0. The summed E-state index contributed by atoms with van der Waals surface area (Å²) in [5.74, 6) is 2.58. The van der Waals surface area contributed by atoms with Crippen molar-refractivity contribution in [2.75, 3.05) is 53.0 Å². The standard InChI is InChI=1S/C21H38N6O2.HI/c1-17(2)19-25-18(29-26-19)7-10-23-20(22-3)24-15-21(8-5-4-6-9-21)16-27-11-13-28-14-12-27;/h17H,4-16H2,1-3H3,(H2,22,23,24);1H. The Hall–Kier alpha value is -0.940. The van der Waals surface area contributed by atoms with Crippen molar-refractivity contribution in [2.24, 2.45) is 10.4 Å². The van der Waals surface area contributed by atoms with Crippen LogP contribution in [0.1, 0.15) is 63.6 Å². The number of aromatic nitrogens is 2. The molecule has 1 saturated heterocycles. The highest BCUT2D eigenvalue weighted by Crippen LogP contribution is 2.36. The number of ether oxygens (including phenoxy) is 1. The number of hydrogen-bond donors (Lipinski definition) is 2. The topological polar surface area (TPSA) is 87.8 Å². The van der Waals surface area contributed by atoms with Crippen molar-refractivity contribution >= 4 is 29.9 Å². The van der Waals surface area contributed by atoms with Crippen LogP contribution in [0.2, 0.25) is 0 Å². The van der Waals surface area contributed by atoms with Crippen molar-refractivity contribution in [1.29, 1.82) is 0 Å². The van der Waals surface area contributed by atoms with Gasteiger partial charge in [-0.2, -0.15) is 4.98 Å². The van der Waals surface area contributed by atoms with E-state index in [2.05, 4.69) is 44.5 Å². The lowest BCUT2D eigenvalue weighted by molar-refractivity contribution is 0.00820. The number of halogens is 1. The van der Waals surface area contributed by atoms with Crippen LogP contribution in [-0.4, -0.2) is 74.0 Å². The zero-order chi connectivity index (χ0) is 20.5. The van der Waals surface area contributed by atoms with E-state index in [4.69, 9.17) is 9.26 Å². The van der Waals surface area contributed by atoms with E-state index in [9.17, 15) is 0 Å². The molecular formula is C21H39IN6O2. The average Bonchev–Trinajstić information content (AvgIpc) is 3.21. The summed E-state index contributed by atoms with van der Waals surface area (Å²) in [5, 5.41) is 11.0. The van der Waals surface area contributed by atoms with Gasteiger partial charge >= 0.3 is 0 Å². The van der Waals surface area contributed by atoms with Gasteiger partial charge in [0.05, 0.1) is 13.2 Å². The summed E-state index contributed by atoms with van der Waals surface area (Å²) in [6, 6.07) is 0. The normalized spacial score (nSPS) is 20.1. The second kappa shape index (κ2) is 12.8. The SMILES string of the molecule is CN=C(NCCc1nc(C(C)C)no1)NCC1(CN2CCOCC2)CCCCC1.I. The molecule has 0 atom stereocenters. The van der Waals surface area contributed by atoms with Gasteiger partial charge in [0.2, 0.25) is 5.89 Å². The Morgan fingerprint density at radius 3 is 2.53 bits per heavy atom. The Kier molecular flexibility index (Phi) is 10.8. The molecule has 1 aromatic heterocycles. The smallest absolute Gasteiger partial charge is 0.228 e. The zero-order valence-corrected chi connectivity index (χ0v) is 21.1. The lowest BCUT2D eigenvalue weighted by Crippen LogP contribution is -2.51. The number of morpholine rings is 1. The molecule has 1 aromatic rings. The van der Waals surface area contributed by atoms with Crippen molar-refractivity contribution in [3.8, 4) is 0 Å². The van der Waals surface area contributed by atoms with Gasteiger partial charge in [0.1, 0.15) is 0 Å². The zero-order valence-electron chi connectivity index (χ0n) is 18.8. The molecule has 0 spiro atoms. The number of rotatable bonds is 8. The van der Waals surface area contributed by atoms with Crippen molar-refractivity contribution in [2.45, 2.75) is 58.3 Å². The first-order chi connectivity index (χ1) is 14.1. The van der Waals surface area contributed by atoms with Crippen LogP contribution in [0.15, 0.2) is 9.52 Å². The van der Waals surface area contributed by atoms with Crippen LogP contribution in [0, 0.1) is 5.41 Å². The van der Waals surface area contributed by atoms with E-state index in [1.165, 1.54) is 32.1 Å². The summed E-state index contributed by atoms with van der Waals surface area (Å²) in [6.07, 6.45) is 7.28. The third-order valence-electron chi connectivity index (χ3n) is 6.06. The van der Waals surface area contributed by atoms with Crippen molar-refractivity contribution in [3.05, 3.63) is 11.7 Å². The highest BCUT2D eigenvalue weighted by molar-refractivity contribution is 14.0. The van der Waals surface area contributed by atoms with E-state index in [1.54, 1.807) is 0 Å². The maximum absolute atomic E-state index is 5.53.